The molecule has 2 aromatic rings. The van der Waals surface area contributed by atoms with Crippen molar-refractivity contribution in [3.05, 3.63) is 23.1 Å². The van der Waals surface area contributed by atoms with Crippen molar-refractivity contribution >= 4 is 22.5 Å². The summed E-state index contributed by atoms with van der Waals surface area (Å²) in [5.74, 6) is 0.716. The summed E-state index contributed by atoms with van der Waals surface area (Å²) in [4.78, 5) is 12.7. The highest BCUT2D eigenvalue weighted by Gasteiger charge is 2.24. The molecule has 0 amide bonds. The molecule has 1 saturated heterocycles. The highest BCUT2D eigenvalue weighted by atomic mass is 16.5. The molecule has 6 nitrogen and oxygen atoms in total. The van der Waals surface area contributed by atoms with Crippen LogP contribution in [0, 0.1) is 22.2 Å². The molecule has 1 atom stereocenters. The van der Waals surface area contributed by atoms with Gasteiger partial charge in [-0.3, -0.25) is 0 Å². The number of piperidine rings is 1. The lowest BCUT2D eigenvalue weighted by molar-refractivity contribution is 0.440. The fourth-order valence-electron chi connectivity index (χ4n) is 2.51. The SMILES string of the molecule is N#CC1CCCN(c2noc3c(N=O)cccc23)C1. The minimum Gasteiger partial charge on any atom is -0.352 e. The van der Waals surface area contributed by atoms with Gasteiger partial charge in [0.2, 0.25) is 0 Å². The molecule has 0 radical (unpaired) electrons. The van der Waals surface area contributed by atoms with Crippen LogP contribution >= 0.6 is 0 Å². The van der Waals surface area contributed by atoms with Crippen LogP contribution in [0.25, 0.3) is 11.0 Å². The molecule has 1 aromatic heterocycles. The average molecular weight is 256 g/mol. The van der Waals surface area contributed by atoms with Crippen molar-refractivity contribution in [2.75, 3.05) is 18.0 Å². The van der Waals surface area contributed by atoms with Gasteiger partial charge in [-0.1, -0.05) is 11.2 Å². The largest absolute Gasteiger partial charge is 0.352 e. The zero-order valence-electron chi connectivity index (χ0n) is 10.2. The zero-order chi connectivity index (χ0) is 13.2. The molecule has 1 aliphatic heterocycles. The third-order valence-electron chi connectivity index (χ3n) is 3.46. The van der Waals surface area contributed by atoms with E-state index in [-0.39, 0.29) is 11.6 Å². The number of rotatable bonds is 2. The summed E-state index contributed by atoms with van der Waals surface area (Å²) < 4.78 is 5.22. The third-order valence-corrected chi connectivity index (χ3v) is 3.46. The van der Waals surface area contributed by atoms with Crippen LogP contribution in [-0.2, 0) is 0 Å². The molecule has 1 aliphatic rings. The molecular weight excluding hydrogens is 244 g/mol. The second kappa shape index (κ2) is 4.69. The normalized spacial score (nSPS) is 19.3. The Kier molecular flexibility index (Phi) is 2.88. The van der Waals surface area contributed by atoms with Gasteiger partial charge in [0.25, 0.3) is 0 Å². The van der Waals surface area contributed by atoms with Crippen molar-refractivity contribution < 1.29 is 4.52 Å². The van der Waals surface area contributed by atoms with E-state index in [0.29, 0.717) is 17.9 Å². The van der Waals surface area contributed by atoms with Gasteiger partial charge in [0.15, 0.2) is 17.1 Å². The first-order chi connectivity index (χ1) is 9.33. The van der Waals surface area contributed by atoms with Gasteiger partial charge in [0, 0.05) is 13.1 Å². The number of hydrogen-bond donors (Lipinski definition) is 0. The number of nitroso groups, excluding NO2 is 1. The Labute approximate surface area is 109 Å². The minimum atomic E-state index is 0.0212. The van der Waals surface area contributed by atoms with Crippen LogP contribution in [0.5, 0.6) is 0 Å². The summed E-state index contributed by atoms with van der Waals surface area (Å²) in [6.07, 6.45) is 1.88. The predicted molar refractivity (Wildman–Crippen MR) is 70.0 cm³/mol. The first kappa shape index (κ1) is 11.7. The molecule has 96 valence electrons. The van der Waals surface area contributed by atoms with E-state index in [1.165, 1.54) is 0 Å². The molecular formula is C13H12N4O2. The minimum absolute atomic E-state index is 0.0212. The number of hydrogen-bond acceptors (Lipinski definition) is 6. The summed E-state index contributed by atoms with van der Waals surface area (Å²) in [5.41, 5.74) is 0.664. The average Bonchev–Trinajstić information content (AvgIpc) is 2.91. The number of nitriles is 1. The zero-order valence-corrected chi connectivity index (χ0v) is 10.2. The van der Waals surface area contributed by atoms with Crippen molar-refractivity contribution in [2.24, 2.45) is 11.1 Å². The Morgan fingerprint density at radius 1 is 1.53 bits per heavy atom. The van der Waals surface area contributed by atoms with Crippen molar-refractivity contribution in [1.29, 1.82) is 5.26 Å². The van der Waals surface area contributed by atoms with Crippen molar-refractivity contribution in [3.8, 4) is 6.07 Å². The molecule has 1 aromatic carbocycles. The molecule has 0 bridgehead atoms. The Bertz CT molecular complexity index is 658. The predicted octanol–water partition coefficient (Wildman–Crippen LogP) is 2.97. The second-order valence-electron chi connectivity index (χ2n) is 4.67. The van der Waals surface area contributed by atoms with E-state index in [1.54, 1.807) is 12.1 Å². The fraction of sp³-hybridized carbons (Fsp3) is 0.385. The maximum atomic E-state index is 10.7. The Hall–Kier alpha value is -2.42. The summed E-state index contributed by atoms with van der Waals surface area (Å²) in [7, 11) is 0. The number of aromatic nitrogens is 1. The lowest BCUT2D eigenvalue weighted by Crippen LogP contribution is -2.35. The monoisotopic (exact) mass is 256 g/mol. The standard InChI is InChI=1S/C13H12N4O2/c14-7-9-3-2-6-17(8-9)13-10-4-1-5-11(15-18)12(10)19-16-13/h1,4-5,9H,2-3,6,8H2. The quantitative estimate of drug-likeness (QED) is 0.771. The van der Waals surface area contributed by atoms with E-state index in [0.717, 1.165) is 24.8 Å². The highest BCUT2D eigenvalue weighted by molar-refractivity contribution is 5.95. The van der Waals surface area contributed by atoms with Gasteiger partial charge in [-0.15, -0.1) is 4.91 Å². The van der Waals surface area contributed by atoms with E-state index in [2.05, 4.69) is 16.4 Å². The van der Waals surface area contributed by atoms with Crippen LogP contribution in [0.15, 0.2) is 27.9 Å². The second-order valence-corrected chi connectivity index (χ2v) is 4.67. The summed E-state index contributed by atoms with van der Waals surface area (Å²) >= 11 is 0. The fourth-order valence-corrected chi connectivity index (χ4v) is 2.51. The van der Waals surface area contributed by atoms with Crippen molar-refractivity contribution in [3.63, 3.8) is 0 Å². The maximum absolute atomic E-state index is 10.7. The van der Waals surface area contributed by atoms with Crippen molar-refractivity contribution in [1.82, 2.24) is 5.16 Å². The number of para-hydroxylation sites is 1. The topological polar surface area (TPSA) is 82.5 Å². The molecule has 0 spiro atoms. The third kappa shape index (κ3) is 1.93. The molecule has 0 saturated carbocycles. The molecule has 1 unspecified atom stereocenters. The van der Waals surface area contributed by atoms with E-state index in [9.17, 15) is 4.91 Å². The molecule has 0 N–H and O–H groups in total. The van der Waals surface area contributed by atoms with Crippen LogP contribution < -0.4 is 4.90 Å². The highest BCUT2D eigenvalue weighted by Crippen LogP contribution is 2.34. The van der Waals surface area contributed by atoms with Crippen LogP contribution in [0.4, 0.5) is 11.5 Å². The van der Waals surface area contributed by atoms with Gasteiger partial charge < -0.3 is 9.42 Å². The number of nitrogens with zero attached hydrogens (tertiary/aromatic N) is 4. The van der Waals surface area contributed by atoms with Crippen LogP contribution in [0.3, 0.4) is 0 Å². The molecule has 1 fully saturated rings. The first-order valence-corrected chi connectivity index (χ1v) is 6.20. The maximum Gasteiger partial charge on any atom is 0.198 e. The smallest absolute Gasteiger partial charge is 0.198 e. The van der Waals surface area contributed by atoms with E-state index in [4.69, 9.17) is 9.78 Å². The number of fused-ring (bicyclic) bond motifs is 1. The van der Waals surface area contributed by atoms with Gasteiger partial charge in [0.1, 0.15) is 0 Å². The van der Waals surface area contributed by atoms with Crippen LogP contribution in [-0.4, -0.2) is 18.2 Å². The number of benzene rings is 1. The van der Waals surface area contributed by atoms with Gasteiger partial charge in [-0.2, -0.15) is 5.26 Å². The Morgan fingerprint density at radius 3 is 3.21 bits per heavy atom. The van der Waals surface area contributed by atoms with Gasteiger partial charge in [-0.25, -0.2) is 0 Å². The summed E-state index contributed by atoms with van der Waals surface area (Å²) in [5, 5.41) is 16.8. The van der Waals surface area contributed by atoms with Gasteiger partial charge >= 0.3 is 0 Å². The number of anilines is 1. The van der Waals surface area contributed by atoms with Gasteiger partial charge in [-0.05, 0) is 30.2 Å². The molecule has 6 heteroatoms. The molecule has 3 rings (SSSR count). The lowest BCUT2D eigenvalue weighted by Gasteiger charge is -2.29. The molecule has 2 heterocycles. The molecule has 0 aliphatic carbocycles. The van der Waals surface area contributed by atoms with E-state index >= 15 is 0 Å². The van der Waals surface area contributed by atoms with Gasteiger partial charge in [0.05, 0.1) is 17.4 Å². The van der Waals surface area contributed by atoms with E-state index < -0.39 is 0 Å². The van der Waals surface area contributed by atoms with Crippen LogP contribution in [0.2, 0.25) is 0 Å². The van der Waals surface area contributed by atoms with Crippen LogP contribution in [0.1, 0.15) is 12.8 Å². The summed E-state index contributed by atoms with van der Waals surface area (Å²) in [6.45, 7) is 1.50. The Balaban J connectivity index is 2.02. The summed E-state index contributed by atoms with van der Waals surface area (Å²) in [6, 6.07) is 7.50. The van der Waals surface area contributed by atoms with Crippen molar-refractivity contribution in [2.45, 2.75) is 12.8 Å². The van der Waals surface area contributed by atoms with E-state index in [1.807, 2.05) is 11.0 Å². The first-order valence-electron chi connectivity index (χ1n) is 6.20. The molecule has 19 heavy (non-hydrogen) atoms. The Morgan fingerprint density at radius 2 is 2.42 bits per heavy atom. The lowest BCUT2D eigenvalue weighted by atomic mass is 9.99.